The second-order valence-electron chi connectivity index (χ2n) is 5.23. The number of esters is 1. The zero-order valence-electron chi connectivity index (χ0n) is 11.3. The molecule has 0 aromatic rings. The van der Waals surface area contributed by atoms with Crippen molar-refractivity contribution in [2.75, 3.05) is 6.61 Å². The van der Waals surface area contributed by atoms with Gasteiger partial charge in [-0.3, -0.25) is 4.79 Å². The van der Waals surface area contributed by atoms with Gasteiger partial charge in [0, 0.05) is 6.42 Å². The van der Waals surface area contributed by atoms with Gasteiger partial charge in [0.2, 0.25) is 0 Å². The first-order valence-electron chi connectivity index (χ1n) is 6.48. The van der Waals surface area contributed by atoms with Gasteiger partial charge in [-0.15, -0.1) is 0 Å². The maximum atomic E-state index is 12.2. The molecule has 0 saturated heterocycles. The largest absolute Gasteiger partial charge is 0.534 e. The lowest BCUT2D eigenvalue weighted by molar-refractivity contribution is -0.145. The third kappa shape index (κ3) is 3.17. The maximum Gasteiger partial charge on any atom is 0.534 e. The van der Waals surface area contributed by atoms with Crippen LogP contribution in [0.15, 0.2) is 11.8 Å². The van der Waals surface area contributed by atoms with E-state index >= 15 is 0 Å². The van der Waals surface area contributed by atoms with Crippen LogP contribution in [0, 0.1) is 11.3 Å². The van der Waals surface area contributed by atoms with E-state index in [0.717, 1.165) is 0 Å². The molecule has 9 heteroatoms. The van der Waals surface area contributed by atoms with Crippen molar-refractivity contribution in [2.45, 2.75) is 38.1 Å². The number of carbonyl (C=O) groups excluding carboxylic acids is 1. The third-order valence-electron chi connectivity index (χ3n) is 3.87. The van der Waals surface area contributed by atoms with Gasteiger partial charge in [-0.05, 0) is 37.7 Å². The second-order valence-corrected chi connectivity index (χ2v) is 6.77. The van der Waals surface area contributed by atoms with Crippen LogP contribution in [0.3, 0.4) is 0 Å². The summed E-state index contributed by atoms with van der Waals surface area (Å²) in [5.41, 5.74) is -5.74. The summed E-state index contributed by atoms with van der Waals surface area (Å²) in [6, 6.07) is 0. The molecule has 0 amide bonds. The van der Waals surface area contributed by atoms with Crippen LogP contribution >= 0.6 is 0 Å². The molecule has 2 rings (SSSR count). The zero-order chi connectivity index (χ0) is 15.9. The Morgan fingerprint density at radius 3 is 2.62 bits per heavy atom. The van der Waals surface area contributed by atoms with E-state index in [1.807, 2.05) is 0 Å². The SMILES string of the molecule is CCOC(=O)C1CC12CC=C(OS(=O)(=O)C(F)(F)F)CC2. The van der Waals surface area contributed by atoms with Crippen LogP contribution in [0.4, 0.5) is 13.2 Å². The average Bonchev–Trinajstić information content (AvgIpc) is 3.06. The van der Waals surface area contributed by atoms with E-state index in [1.165, 1.54) is 6.08 Å². The van der Waals surface area contributed by atoms with Crippen LogP contribution in [-0.2, 0) is 23.8 Å². The Labute approximate surface area is 120 Å². The van der Waals surface area contributed by atoms with Crippen molar-refractivity contribution in [3.8, 4) is 0 Å². The van der Waals surface area contributed by atoms with Crippen LogP contribution in [0.2, 0.25) is 0 Å². The van der Waals surface area contributed by atoms with Crippen LogP contribution in [-0.4, -0.2) is 26.5 Å². The molecule has 2 aliphatic rings. The molecule has 0 bridgehead atoms. The third-order valence-corrected chi connectivity index (χ3v) is 4.87. The van der Waals surface area contributed by atoms with Crippen molar-refractivity contribution in [3.63, 3.8) is 0 Å². The standard InChI is InChI=1S/C12H15F3O5S/c1-2-19-10(16)9-7-11(9)5-3-8(4-6-11)20-21(17,18)12(13,14)15/h3,9H,2,4-7H2,1H3. The molecule has 21 heavy (non-hydrogen) atoms. The lowest BCUT2D eigenvalue weighted by Crippen LogP contribution is -2.26. The monoisotopic (exact) mass is 328 g/mol. The summed E-state index contributed by atoms with van der Waals surface area (Å²) in [6.45, 7) is 1.97. The van der Waals surface area contributed by atoms with Crippen molar-refractivity contribution in [1.82, 2.24) is 0 Å². The van der Waals surface area contributed by atoms with Gasteiger partial charge in [0.1, 0.15) is 5.76 Å². The molecule has 120 valence electrons. The minimum atomic E-state index is -5.61. The van der Waals surface area contributed by atoms with Gasteiger partial charge < -0.3 is 8.92 Å². The van der Waals surface area contributed by atoms with Crippen LogP contribution in [0.1, 0.15) is 32.6 Å². The first-order valence-corrected chi connectivity index (χ1v) is 7.88. The number of halogens is 3. The van der Waals surface area contributed by atoms with Crippen molar-refractivity contribution in [2.24, 2.45) is 11.3 Å². The minimum Gasteiger partial charge on any atom is -0.466 e. The highest BCUT2D eigenvalue weighted by atomic mass is 32.2. The molecule has 0 radical (unpaired) electrons. The topological polar surface area (TPSA) is 69.7 Å². The smallest absolute Gasteiger partial charge is 0.466 e. The van der Waals surface area contributed by atoms with Crippen LogP contribution < -0.4 is 0 Å². The van der Waals surface area contributed by atoms with Crippen LogP contribution in [0.5, 0.6) is 0 Å². The molecule has 0 N–H and O–H groups in total. The Kier molecular flexibility index (Phi) is 3.98. The normalized spacial score (nSPS) is 29.0. The van der Waals surface area contributed by atoms with Crippen molar-refractivity contribution < 1.29 is 35.3 Å². The van der Waals surface area contributed by atoms with E-state index in [-0.39, 0.29) is 36.1 Å². The molecule has 1 fully saturated rings. The van der Waals surface area contributed by atoms with Gasteiger partial charge in [0.25, 0.3) is 0 Å². The van der Waals surface area contributed by atoms with E-state index < -0.39 is 15.6 Å². The Morgan fingerprint density at radius 2 is 2.14 bits per heavy atom. The molecule has 2 unspecified atom stereocenters. The molecule has 2 atom stereocenters. The fraction of sp³-hybridized carbons (Fsp3) is 0.750. The summed E-state index contributed by atoms with van der Waals surface area (Å²) in [5.74, 6) is -0.778. The molecule has 0 aliphatic heterocycles. The van der Waals surface area contributed by atoms with Crippen molar-refractivity contribution in [3.05, 3.63) is 11.8 Å². The summed E-state index contributed by atoms with van der Waals surface area (Å²) in [4.78, 5) is 11.6. The minimum absolute atomic E-state index is 0.0607. The van der Waals surface area contributed by atoms with Gasteiger partial charge in [-0.1, -0.05) is 0 Å². The summed E-state index contributed by atoms with van der Waals surface area (Å²) < 4.78 is 67.4. The predicted molar refractivity (Wildman–Crippen MR) is 65.2 cm³/mol. The number of ether oxygens (including phenoxy) is 1. The molecule has 1 spiro atoms. The Balaban J connectivity index is 1.97. The van der Waals surface area contributed by atoms with Crippen LogP contribution in [0.25, 0.3) is 0 Å². The number of carbonyl (C=O) groups is 1. The Hall–Kier alpha value is -1.25. The van der Waals surface area contributed by atoms with Gasteiger partial charge in [-0.25, -0.2) is 0 Å². The fourth-order valence-corrected chi connectivity index (χ4v) is 3.11. The van der Waals surface area contributed by atoms with E-state index in [1.54, 1.807) is 6.92 Å². The summed E-state index contributed by atoms with van der Waals surface area (Å²) in [7, 11) is -5.61. The van der Waals surface area contributed by atoms with Gasteiger partial charge >= 0.3 is 21.6 Å². The number of hydrogen-bond donors (Lipinski definition) is 0. The van der Waals surface area contributed by atoms with E-state index in [0.29, 0.717) is 19.3 Å². The maximum absolute atomic E-state index is 12.2. The fourth-order valence-electron chi connectivity index (χ4n) is 2.58. The van der Waals surface area contributed by atoms with Gasteiger partial charge in [0.05, 0.1) is 12.5 Å². The van der Waals surface area contributed by atoms with Crippen molar-refractivity contribution >= 4 is 16.1 Å². The number of hydrogen-bond acceptors (Lipinski definition) is 5. The molecular weight excluding hydrogens is 313 g/mol. The Morgan fingerprint density at radius 1 is 1.48 bits per heavy atom. The summed E-state index contributed by atoms with van der Waals surface area (Å²) in [5, 5.41) is 0. The molecule has 5 nitrogen and oxygen atoms in total. The summed E-state index contributed by atoms with van der Waals surface area (Å²) in [6.07, 6.45) is 2.73. The first-order chi connectivity index (χ1) is 9.61. The van der Waals surface area contributed by atoms with Gasteiger partial charge in [0.15, 0.2) is 0 Å². The van der Waals surface area contributed by atoms with E-state index in [4.69, 9.17) is 4.74 Å². The number of rotatable bonds is 4. The lowest BCUT2D eigenvalue weighted by atomic mass is 9.88. The number of allylic oxidation sites excluding steroid dienone is 2. The molecule has 2 aliphatic carbocycles. The van der Waals surface area contributed by atoms with Gasteiger partial charge in [-0.2, -0.15) is 21.6 Å². The predicted octanol–water partition coefficient (Wildman–Crippen LogP) is 2.49. The van der Waals surface area contributed by atoms with E-state index in [9.17, 15) is 26.4 Å². The highest BCUT2D eigenvalue weighted by Gasteiger charge is 2.59. The highest BCUT2D eigenvalue weighted by molar-refractivity contribution is 7.87. The number of alkyl halides is 3. The molecule has 0 aromatic carbocycles. The zero-order valence-corrected chi connectivity index (χ0v) is 12.1. The highest BCUT2D eigenvalue weighted by Crippen LogP contribution is 2.61. The second kappa shape index (κ2) is 5.19. The van der Waals surface area contributed by atoms with E-state index in [2.05, 4.69) is 4.18 Å². The Bertz CT molecular complexity index is 566. The average molecular weight is 328 g/mol. The molecule has 1 saturated carbocycles. The lowest BCUT2D eigenvalue weighted by Gasteiger charge is -2.22. The summed E-state index contributed by atoms with van der Waals surface area (Å²) >= 11 is 0. The first kappa shape index (κ1) is 16.1. The molecule has 0 heterocycles. The molecule has 0 aromatic heterocycles. The quantitative estimate of drug-likeness (QED) is 0.450. The van der Waals surface area contributed by atoms with Crippen molar-refractivity contribution in [1.29, 1.82) is 0 Å². The molecular formula is C12H15F3O5S.